The minimum Gasteiger partial charge on any atom is -0.313 e. The van der Waals surface area contributed by atoms with E-state index in [0.717, 1.165) is 31.6 Å². The molecule has 0 aromatic heterocycles. The lowest BCUT2D eigenvalue weighted by atomic mass is 9.93. The molecular weight excluding hydrogens is 232 g/mol. The molecule has 1 heterocycles. The Labute approximate surface area is 118 Å². The Bertz CT molecular complexity index is 371. The van der Waals surface area contributed by atoms with Crippen LogP contribution in [0.5, 0.6) is 0 Å². The normalized spacial score (nSPS) is 24.6. The van der Waals surface area contributed by atoms with Crippen LogP contribution in [0, 0.1) is 5.92 Å². The summed E-state index contributed by atoms with van der Waals surface area (Å²) in [5.74, 6) is 0.897. The smallest absolute Gasteiger partial charge is 0.0236 e. The van der Waals surface area contributed by atoms with Crippen molar-refractivity contribution in [2.24, 2.45) is 5.92 Å². The molecule has 2 unspecified atom stereocenters. The first kappa shape index (κ1) is 14.5. The number of hydrogen-bond donors (Lipinski definition) is 1. The fourth-order valence-corrected chi connectivity index (χ4v) is 2.96. The van der Waals surface area contributed by atoms with Crippen molar-refractivity contribution in [3.63, 3.8) is 0 Å². The van der Waals surface area contributed by atoms with Crippen molar-refractivity contribution in [3.05, 3.63) is 35.4 Å². The Kier molecular flexibility index (Phi) is 5.41. The van der Waals surface area contributed by atoms with Crippen molar-refractivity contribution in [1.29, 1.82) is 0 Å². The van der Waals surface area contributed by atoms with Crippen LogP contribution < -0.4 is 5.32 Å². The Hall–Kier alpha value is -0.860. The van der Waals surface area contributed by atoms with Crippen molar-refractivity contribution in [2.45, 2.75) is 52.7 Å². The van der Waals surface area contributed by atoms with Crippen LogP contribution >= 0.6 is 0 Å². The lowest BCUT2D eigenvalue weighted by Crippen LogP contribution is -2.39. The summed E-state index contributed by atoms with van der Waals surface area (Å²) in [5.41, 5.74) is 2.83. The molecule has 2 rings (SSSR count). The number of nitrogens with one attached hydrogen (secondary N) is 1. The molecule has 0 saturated carbocycles. The largest absolute Gasteiger partial charge is 0.313 e. The van der Waals surface area contributed by atoms with E-state index >= 15 is 0 Å². The first-order valence-electron chi connectivity index (χ1n) is 7.71. The minimum absolute atomic E-state index is 0.727. The van der Waals surface area contributed by atoms with Crippen molar-refractivity contribution in [2.75, 3.05) is 13.1 Å². The van der Waals surface area contributed by atoms with E-state index in [-0.39, 0.29) is 0 Å². The van der Waals surface area contributed by atoms with Gasteiger partial charge in [-0.2, -0.15) is 0 Å². The van der Waals surface area contributed by atoms with Gasteiger partial charge in [0.05, 0.1) is 0 Å². The monoisotopic (exact) mass is 260 g/mol. The molecule has 0 spiro atoms. The second-order valence-corrected chi connectivity index (χ2v) is 6.05. The van der Waals surface area contributed by atoms with Gasteiger partial charge in [0.1, 0.15) is 0 Å². The van der Waals surface area contributed by atoms with E-state index in [1.807, 2.05) is 0 Å². The van der Waals surface area contributed by atoms with Crippen LogP contribution in [0.4, 0.5) is 0 Å². The van der Waals surface area contributed by atoms with Crippen LogP contribution in [0.3, 0.4) is 0 Å². The van der Waals surface area contributed by atoms with Gasteiger partial charge in [-0.1, -0.05) is 38.1 Å². The van der Waals surface area contributed by atoms with Crippen molar-refractivity contribution in [1.82, 2.24) is 10.2 Å². The molecule has 2 atom stereocenters. The zero-order chi connectivity index (χ0) is 13.7. The molecule has 1 aromatic carbocycles. The first-order chi connectivity index (χ1) is 9.19. The standard InChI is InChI=1S/C17H28N2/c1-4-18-12-16-5-7-17(8-6-16)13-19-10-9-14(2)11-15(19)3/h5-8,14-15,18H,4,9-13H2,1-3H3. The molecular formula is C17H28N2. The lowest BCUT2D eigenvalue weighted by Gasteiger charge is -2.36. The predicted octanol–water partition coefficient (Wildman–Crippen LogP) is 3.42. The van der Waals surface area contributed by atoms with Crippen LogP contribution in [0.1, 0.15) is 44.7 Å². The van der Waals surface area contributed by atoms with Gasteiger partial charge in [-0.15, -0.1) is 0 Å². The highest BCUT2D eigenvalue weighted by Crippen LogP contribution is 2.23. The van der Waals surface area contributed by atoms with E-state index < -0.39 is 0 Å². The summed E-state index contributed by atoms with van der Waals surface area (Å²) in [5, 5.41) is 3.37. The summed E-state index contributed by atoms with van der Waals surface area (Å²) in [6.07, 6.45) is 2.70. The highest BCUT2D eigenvalue weighted by Gasteiger charge is 2.22. The summed E-state index contributed by atoms with van der Waals surface area (Å²) >= 11 is 0. The Morgan fingerprint density at radius 3 is 2.47 bits per heavy atom. The predicted molar refractivity (Wildman–Crippen MR) is 82.1 cm³/mol. The van der Waals surface area contributed by atoms with E-state index in [1.165, 1.54) is 30.5 Å². The van der Waals surface area contributed by atoms with Gasteiger partial charge >= 0.3 is 0 Å². The maximum atomic E-state index is 3.37. The summed E-state index contributed by atoms with van der Waals surface area (Å²) in [6.45, 7) is 11.3. The maximum absolute atomic E-state index is 3.37. The second kappa shape index (κ2) is 7.06. The highest BCUT2D eigenvalue weighted by atomic mass is 15.2. The molecule has 2 nitrogen and oxygen atoms in total. The third-order valence-electron chi connectivity index (χ3n) is 4.26. The maximum Gasteiger partial charge on any atom is 0.0236 e. The van der Waals surface area contributed by atoms with Gasteiger partial charge in [0.2, 0.25) is 0 Å². The summed E-state index contributed by atoms with van der Waals surface area (Å²) in [7, 11) is 0. The Balaban J connectivity index is 1.88. The molecule has 19 heavy (non-hydrogen) atoms. The number of rotatable bonds is 5. The molecule has 1 aromatic rings. The van der Waals surface area contributed by atoms with Gasteiger partial charge in [-0.3, -0.25) is 4.90 Å². The van der Waals surface area contributed by atoms with Gasteiger partial charge in [-0.25, -0.2) is 0 Å². The van der Waals surface area contributed by atoms with Crippen molar-refractivity contribution >= 4 is 0 Å². The van der Waals surface area contributed by atoms with Gasteiger partial charge < -0.3 is 5.32 Å². The van der Waals surface area contributed by atoms with Crippen LogP contribution in [-0.4, -0.2) is 24.0 Å². The average Bonchev–Trinajstić information content (AvgIpc) is 2.41. The lowest BCUT2D eigenvalue weighted by molar-refractivity contribution is 0.122. The number of nitrogens with zero attached hydrogens (tertiary/aromatic N) is 1. The third-order valence-corrected chi connectivity index (χ3v) is 4.26. The van der Waals surface area contributed by atoms with Gasteiger partial charge in [0.15, 0.2) is 0 Å². The van der Waals surface area contributed by atoms with Crippen LogP contribution in [0.25, 0.3) is 0 Å². The third kappa shape index (κ3) is 4.32. The first-order valence-corrected chi connectivity index (χ1v) is 7.71. The average molecular weight is 260 g/mol. The van der Waals surface area contributed by atoms with Gasteiger partial charge in [0.25, 0.3) is 0 Å². The molecule has 0 aliphatic carbocycles. The number of piperidine rings is 1. The zero-order valence-corrected chi connectivity index (χ0v) is 12.7. The molecule has 0 bridgehead atoms. The molecule has 2 heteroatoms. The van der Waals surface area contributed by atoms with Crippen LogP contribution in [-0.2, 0) is 13.1 Å². The molecule has 1 N–H and O–H groups in total. The molecule has 0 amide bonds. The highest BCUT2D eigenvalue weighted by molar-refractivity contribution is 5.22. The van der Waals surface area contributed by atoms with Gasteiger partial charge in [0, 0.05) is 19.1 Å². The molecule has 106 valence electrons. The van der Waals surface area contributed by atoms with E-state index in [1.54, 1.807) is 0 Å². The SMILES string of the molecule is CCNCc1ccc(CN2CCC(C)CC2C)cc1. The van der Waals surface area contributed by atoms with E-state index in [0.29, 0.717) is 0 Å². The summed E-state index contributed by atoms with van der Waals surface area (Å²) in [4.78, 5) is 2.62. The minimum atomic E-state index is 0.727. The van der Waals surface area contributed by atoms with E-state index in [2.05, 4.69) is 55.3 Å². The van der Waals surface area contributed by atoms with Crippen molar-refractivity contribution < 1.29 is 0 Å². The van der Waals surface area contributed by atoms with Crippen LogP contribution in [0.2, 0.25) is 0 Å². The summed E-state index contributed by atoms with van der Waals surface area (Å²) in [6, 6.07) is 9.82. The fraction of sp³-hybridized carbons (Fsp3) is 0.647. The topological polar surface area (TPSA) is 15.3 Å². The number of benzene rings is 1. The summed E-state index contributed by atoms with van der Waals surface area (Å²) < 4.78 is 0. The number of likely N-dealkylation sites (tertiary alicyclic amines) is 1. The van der Waals surface area contributed by atoms with Gasteiger partial charge in [-0.05, 0) is 49.9 Å². The van der Waals surface area contributed by atoms with E-state index in [4.69, 9.17) is 0 Å². The van der Waals surface area contributed by atoms with E-state index in [9.17, 15) is 0 Å². The molecule has 1 fully saturated rings. The molecule has 1 aliphatic rings. The van der Waals surface area contributed by atoms with Crippen LogP contribution in [0.15, 0.2) is 24.3 Å². The molecule has 1 saturated heterocycles. The Morgan fingerprint density at radius 1 is 1.16 bits per heavy atom. The Morgan fingerprint density at radius 2 is 1.84 bits per heavy atom. The molecule has 1 aliphatic heterocycles. The zero-order valence-electron chi connectivity index (χ0n) is 12.7. The second-order valence-electron chi connectivity index (χ2n) is 6.05. The molecule has 0 radical (unpaired) electrons. The van der Waals surface area contributed by atoms with Crippen molar-refractivity contribution in [3.8, 4) is 0 Å². The quantitative estimate of drug-likeness (QED) is 0.872. The number of hydrogen-bond acceptors (Lipinski definition) is 2. The fourth-order valence-electron chi connectivity index (χ4n) is 2.96.